The molecule has 0 spiro atoms. The summed E-state index contributed by atoms with van der Waals surface area (Å²) >= 11 is 3.29. The minimum absolute atomic E-state index is 0.00250. The zero-order valence-corrected chi connectivity index (χ0v) is 13.7. The summed E-state index contributed by atoms with van der Waals surface area (Å²) in [5.74, 6) is -0.446. The highest BCUT2D eigenvalue weighted by molar-refractivity contribution is 9.10. The second kappa shape index (κ2) is 6.26. The Morgan fingerprint density at radius 2 is 1.90 bits per heavy atom. The Kier molecular flexibility index (Phi) is 5.16. The quantitative estimate of drug-likeness (QED) is 0.826. The van der Waals surface area contributed by atoms with E-state index in [2.05, 4.69) is 21.2 Å². The topological polar surface area (TPSA) is 75.4 Å². The molecule has 0 saturated heterocycles. The number of anilines is 1. The highest BCUT2D eigenvalue weighted by Gasteiger charge is 2.19. The largest absolute Gasteiger partial charge is 0.399 e. The van der Waals surface area contributed by atoms with E-state index >= 15 is 0 Å². The first-order valence-electron chi connectivity index (χ1n) is 6.21. The number of likely N-dealkylation sites (N-methyl/N-ethyl adjacent to an activating group) is 1. The summed E-state index contributed by atoms with van der Waals surface area (Å²) in [4.78, 5) is 25.4. The van der Waals surface area contributed by atoms with Crippen LogP contribution in [0.3, 0.4) is 0 Å². The molecule has 5 nitrogen and oxygen atoms in total. The third kappa shape index (κ3) is 5.21. The molecule has 0 heterocycles. The number of hydrogen-bond donors (Lipinski definition) is 2. The maximum absolute atomic E-state index is 12.2. The van der Waals surface area contributed by atoms with E-state index in [1.54, 1.807) is 25.2 Å². The second-order valence-corrected chi connectivity index (χ2v) is 6.65. The molecule has 20 heavy (non-hydrogen) atoms. The van der Waals surface area contributed by atoms with Crippen molar-refractivity contribution in [1.82, 2.24) is 10.2 Å². The molecule has 0 fully saturated rings. The fourth-order valence-electron chi connectivity index (χ4n) is 1.70. The number of amides is 2. The summed E-state index contributed by atoms with van der Waals surface area (Å²) in [5.41, 5.74) is 6.33. The molecule has 0 bridgehead atoms. The number of nitrogens with two attached hydrogens (primary N) is 1. The van der Waals surface area contributed by atoms with E-state index in [1.165, 1.54) is 4.90 Å². The van der Waals surface area contributed by atoms with Gasteiger partial charge in [-0.1, -0.05) is 15.9 Å². The van der Waals surface area contributed by atoms with Crippen LogP contribution in [0.25, 0.3) is 0 Å². The molecule has 0 atom stereocenters. The molecule has 2 amide bonds. The third-order valence-corrected chi connectivity index (χ3v) is 2.87. The summed E-state index contributed by atoms with van der Waals surface area (Å²) in [6.45, 7) is 5.67. The lowest BCUT2D eigenvalue weighted by molar-refractivity contribution is -0.122. The first-order valence-corrected chi connectivity index (χ1v) is 7.00. The highest BCUT2D eigenvalue weighted by atomic mass is 79.9. The molecule has 110 valence electrons. The second-order valence-electron chi connectivity index (χ2n) is 5.73. The van der Waals surface area contributed by atoms with Gasteiger partial charge in [-0.2, -0.15) is 0 Å². The Morgan fingerprint density at radius 1 is 1.30 bits per heavy atom. The fourth-order valence-corrected chi connectivity index (χ4v) is 2.21. The zero-order chi connectivity index (χ0) is 15.5. The number of hydrogen-bond acceptors (Lipinski definition) is 3. The van der Waals surface area contributed by atoms with Crippen LogP contribution in [0.4, 0.5) is 5.69 Å². The summed E-state index contributed by atoms with van der Waals surface area (Å²) in [6, 6.07) is 4.98. The van der Waals surface area contributed by atoms with Crippen LogP contribution in [-0.2, 0) is 4.79 Å². The average Bonchev–Trinajstić information content (AvgIpc) is 2.23. The van der Waals surface area contributed by atoms with E-state index < -0.39 is 0 Å². The van der Waals surface area contributed by atoms with Crippen LogP contribution in [-0.4, -0.2) is 35.8 Å². The third-order valence-electron chi connectivity index (χ3n) is 2.41. The van der Waals surface area contributed by atoms with E-state index in [0.29, 0.717) is 11.3 Å². The Balaban J connectivity index is 2.74. The van der Waals surface area contributed by atoms with Crippen LogP contribution >= 0.6 is 15.9 Å². The van der Waals surface area contributed by atoms with Gasteiger partial charge in [0.1, 0.15) is 0 Å². The van der Waals surface area contributed by atoms with Gasteiger partial charge in [0.2, 0.25) is 5.91 Å². The monoisotopic (exact) mass is 341 g/mol. The SMILES string of the molecule is CN(CC(=O)NC(C)(C)C)C(=O)c1cc(N)cc(Br)c1. The normalized spacial score (nSPS) is 11.1. The van der Waals surface area contributed by atoms with Crippen molar-refractivity contribution >= 4 is 33.4 Å². The van der Waals surface area contributed by atoms with Gasteiger partial charge in [0, 0.05) is 28.3 Å². The highest BCUT2D eigenvalue weighted by Crippen LogP contribution is 2.18. The Hall–Kier alpha value is -1.56. The van der Waals surface area contributed by atoms with Crippen molar-refractivity contribution < 1.29 is 9.59 Å². The van der Waals surface area contributed by atoms with Crippen molar-refractivity contribution in [3.8, 4) is 0 Å². The molecule has 0 aliphatic heterocycles. The van der Waals surface area contributed by atoms with Crippen LogP contribution in [0.5, 0.6) is 0 Å². The van der Waals surface area contributed by atoms with Crippen molar-refractivity contribution in [3.63, 3.8) is 0 Å². The molecule has 3 N–H and O–H groups in total. The van der Waals surface area contributed by atoms with Gasteiger partial charge in [-0.3, -0.25) is 9.59 Å². The first-order chi connectivity index (χ1) is 9.08. The molecule has 1 aromatic rings. The molecule has 0 aliphatic carbocycles. The van der Waals surface area contributed by atoms with Crippen LogP contribution in [0.15, 0.2) is 22.7 Å². The smallest absolute Gasteiger partial charge is 0.254 e. The van der Waals surface area contributed by atoms with Crippen LogP contribution < -0.4 is 11.1 Å². The summed E-state index contributed by atoms with van der Waals surface area (Å²) < 4.78 is 0.730. The van der Waals surface area contributed by atoms with Crippen molar-refractivity contribution in [2.45, 2.75) is 26.3 Å². The molecule has 1 aromatic carbocycles. The van der Waals surface area contributed by atoms with E-state index in [0.717, 1.165) is 4.47 Å². The van der Waals surface area contributed by atoms with E-state index in [-0.39, 0.29) is 23.9 Å². The van der Waals surface area contributed by atoms with Crippen molar-refractivity contribution in [1.29, 1.82) is 0 Å². The van der Waals surface area contributed by atoms with Gasteiger partial charge < -0.3 is 16.0 Å². The van der Waals surface area contributed by atoms with E-state index in [4.69, 9.17) is 5.73 Å². The molecule has 0 aliphatic rings. The van der Waals surface area contributed by atoms with Crippen LogP contribution in [0.2, 0.25) is 0 Å². The Morgan fingerprint density at radius 3 is 2.40 bits per heavy atom. The molecule has 0 radical (unpaired) electrons. The molecular weight excluding hydrogens is 322 g/mol. The van der Waals surface area contributed by atoms with E-state index in [1.807, 2.05) is 20.8 Å². The molecule has 6 heteroatoms. The van der Waals surface area contributed by atoms with Gasteiger partial charge in [0.25, 0.3) is 5.91 Å². The van der Waals surface area contributed by atoms with Crippen molar-refractivity contribution in [2.24, 2.45) is 0 Å². The summed E-state index contributed by atoms with van der Waals surface area (Å²) in [7, 11) is 1.58. The maximum atomic E-state index is 12.2. The maximum Gasteiger partial charge on any atom is 0.254 e. The summed E-state index contributed by atoms with van der Waals surface area (Å²) in [5, 5.41) is 2.81. The first kappa shape index (κ1) is 16.5. The summed E-state index contributed by atoms with van der Waals surface area (Å²) in [6.07, 6.45) is 0. The fraction of sp³-hybridized carbons (Fsp3) is 0.429. The number of halogens is 1. The predicted molar refractivity (Wildman–Crippen MR) is 83.4 cm³/mol. The molecule has 0 aromatic heterocycles. The van der Waals surface area contributed by atoms with Gasteiger partial charge in [-0.15, -0.1) is 0 Å². The molecule has 0 unspecified atom stereocenters. The van der Waals surface area contributed by atoms with Crippen molar-refractivity contribution in [3.05, 3.63) is 28.2 Å². The number of benzene rings is 1. The molecule has 1 rings (SSSR count). The molecular formula is C14H20BrN3O2. The van der Waals surface area contributed by atoms with Gasteiger partial charge in [-0.25, -0.2) is 0 Å². The predicted octanol–water partition coefficient (Wildman–Crippen LogP) is 2.02. The Bertz CT molecular complexity index is 503. The lowest BCUT2D eigenvalue weighted by Crippen LogP contribution is -2.46. The van der Waals surface area contributed by atoms with Gasteiger partial charge in [0.05, 0.1) is 6.54 Å². The number of nitrogens with one attached hydrogen (secondary N) is 1. The Labute approximate surface area is 127 Å². The van der Waals surface area contributed by atoms with Crippen LogP contribution in [0, 0.1) is 0 Å². The minimum atomic E-state index is -0.318. The number of carbonyl (C=O) groups excluding carboxylic acids is 2. The number of rotatable bonds is 3. The average molecular weight is 342 g/mol. The lowest BCUT2D eigenvalue weighted by Gasteiger charge is -2.23. The van der Waals surface area contributed by atoms with Gasteiger partial charge in [0.15, 0.2) is 0 Å². The number of nitrogens with zero attached hydrogens (tertiary/aromatic N) is 1. The zero-order valence-electron chi connectivity index (χ0n) is 12.2. The minimum Gasteiger partial charge on any atom is -0.399 e. The molecule has 0 saturated carbocycles. The van der Waals surface area contributed by atoms with Crippen molar-refractivity contribution in [2.75, 3.05) is 19.3 Å². The van der Waals surface area contributed by atoms with E-state index in [9.17, 15) is 9.59 Å². The standard InChI is InChI=1S/C14H20BrN3O2/c1-14(2,3)17-12(19)8-18(4)13(20)9-5-10(15)7-11(16)6-9/h5-7H,8,16H2,1-4H3,(H,17,19). The number of nitrogen functional groups attached to an aromatic ring is 1. The van der Waals surface area contributed by atoms with Gasteiger partial charge in [-0.05, 0) is 39.0 Å². The van der Waals surface area contributed by atoms with Crippen LogP contribution in [0.1, 0.15) is 31.1 Å². The number of carbonyl (C=O) groups is 2. The van der Waals surface area contributed by atoms with Gasteiger partial charge >= 0.3 is 0 Å². The lowest BCUT2D eigenvalue weighted by atomic mass is 10.1.